The van der Waals surface area contributed by atoms with E-state index in [0.717, 1.165) is 5.56 Å². The zero-order chi connectivity index (χ0) is 14.0. The number of aryl methyl sites for hydroxylation is 1. The molecule has 0 aliphatic heterocycles. The molecule has 100 valence electrons. The first kappa shape index (κ1) is 14.0. The normalized spacial score (nSPS) is 10.6. The van der Waals surface area contributed by atoms with E-state index in [9.17, 15) is 4.39 Å². The van der Waals surface area contributed by atoms with E-state index in [2.05, 4.69) is 9.97 Å². The van der Waals surface area contributed by atoms with Crippen LogP contribution in [0.1, 0.15) is 11.4 Å². The molecule has 0 saturated carbocycles. The standard InChI is InChI=1S/C13H12Cl2FN3/c1-8-17-12(15)6-13(18-8)19(2)7-9-3-4-10(14)11(16)5-9/h3-6H,7H2,1-2H3. The molecular weight excluding hydrogens is 288 g/mol. The van der Waals surface area contributed by atoms with Crippen LogP contribution in [0.5, 0.6) is 0 Å². The molecule has 0 unspecified atom stereocenters. The number of benzene rings is 1. The first-order valence-electron chi connectivity index (χ1n) is 5.62. The predicted octanol–water partition coefficient (Wildman–Crippen LogP) is 3.87. The van der Waals surface area contributed by atoms with Crippen LogP contribution < -0.4 is 4.90 Å². The lowest BCUT2D eigenvalue weighted by atomic mass is 10.2. The molecule has 0 radical (unpaired) electrons. The van der Waals surface area contributed by atoms with Gasteiger partial charge in [0.25, 0.3) is 0 Å². The number of nitrogens with zero attached hydrogens (tertiary/aromatic N) is 3. The molecule has 0 bridgehead atoms. The average molecular weight is 300 g/mol. The minimum atomic E-state index is -0.426. The Morgan fingerprint density at radius 2 is 1.95 bits per heavy atom. The Morgan fingerprint density at radius 3 is 2.58 bits per heavy atom. The molecular formula is C13H12Cl2FN3. The largest absolute Gasteiger partial charge is 0.355 e. The summed E-state index contributed by atoms with van der Waals surface area (Å²) in [6, 6.07) is 6.39. The molecule has 0 fully saturated rings. The van der Waals surface area contributed by atoms with Crippen LogP contribution in [0, 0.1) is 12.7 Å². The molecule has 2 aromatic rings. The van der Waals surface area contributed by atoms with E-state index in [1.165, 1.54) is 12.1 Å². The number of aromatic nitrogens is 2. The maximum Gasteiger partial charge on any atom is 0.142 e. The fraction of sp³-hybridized carbons (Fsp3) is 0.231. The maximum absolute atomic E-state index is 13.4. The molecule has 19 heavy (non-hydrogen) atoms. The second-order valence-electron chi connectivity index (χ2n) is 4.20. The molecule has 0 aliphatic rings. The fourth-order valence-corrected chi connectivity index (χ4v) is 2.04. The van der Waals surface area contributed by atoms with Gasteiger partial charge in [0.15, 0.2) is 0 Å². The molecule has 0 spiro atoms. The molecule has 1 heterocycles. The number of hydrogen-bond donors (Lipinski definition) is 0. The van der Waals surface area contributed by atoms with Crippen LogP contribution in [0.2, 0.25) is 10.2 Å². The molecule has 0 N–H and O–H groups in total. The summed E-state index contributed by atoms with van der Waals surface area (Å²) in [5.74, 6) is 0.856. The van der Waals surface area contributed by atoms with Gasteiger partial charge in [-0.1, -0.05) is 29.3 Å². The summed E-state index contributed by atoms with van der Waals surface area (Å²) in [4.78, 5) is 10.1. The Hall–Kier alpha value is -1.39. The van der Waals surface area contributed by atoms with Crippen molar-refractivity contribution in [2.75, 3.05) is 11.9 Å². The van der Waals surface area contributed by atoms with Crippen LogP contribution in [0.3, 0.4) is 0 Å². The van der Waals surface area contributed by atoms with Crippen LogP contribution in [0.4, 0.5) is 10.2 Å². The summed E-state index contributed by atoms with van der Waals surface area (Å²) in [6.45, 7) is 2.27. The summed E-state index contributed by atoms with van der Waals surface area (Å²) in [5.41, 5.74) is 0.803. The van der Waals surface area contributed by atoms with Crippen molar-refractivity contribution in [1.82, 2.24) is 9.97 Å². The van der Waals surface area contributed by atoms with Gasteiger partial charge in [0, 0.05) is 19.7 Å². The highest BCUT2D eigenvalue weighted by Crippen LogP contribution is 2.19. The third-order valence-electron chi connectivity index (χ3n) is 2.59. The van der Waals surface area contributed by atoms with Gasteiger partial charge < -0.3 is 4.90 Å². The number of rotatable bonds is 3. The Balaban J connectivity index is 2.20. The number of halogens is 3. The van der Waals surface area contributed by atoms with Crippen molar-refractivity contribution >= 4 is 29.0 Å². The molecule has 0 amide bonds. The third-order valence-corrected chi connectivity index (χ3v) is 3.09. The second kappa shape index (κ2) is 5.72. The molecule has 3 nitrogen and oxygen atoms in total. The molecule has 6 heteroatoms. The summed E-state index contributed by atoms with van der Waals surface area (Å²) in [7, 11) is 1.85. The van der Waals surface area contributed by atoms with E-state index in [4.69, 9.17) is 23.2 Å². The van der Waals surface area contributed by atoms with Gasteiger partial charge in [0.2, 0.25) is 0 Å². The van der Waals surface area contributed by atoms with Crippen LogP contribution in [-0.4, -0.2) is 17.0 Å². The van der Waals surface area contributed by atoms with E-state index in [1.54, 1.807) is 19.1 Å². The van der Waals surface area contributed by atoms with Crippen molar-refractivity contribution in [1.29, 1.82) is 0 Å². The van der Waals surface area contributed by atoms with E-state index < -0.39 is 5.82 Å². The van der Waals surface area contributed by atoms with Crippen LogP contribution in [0.15, 0.2) is 24.3 Å². The molecule has 0 aliphatic carbocycles. The lowest BCUT2D eigenvalue weighted by molar-refractivity contribution is 0.625. The third kappa shape index (κ3) is 3.55. The van der Waals surface area contributed by atoms with Crippen LogP contribution in [0.25, 0.3) is 0 Å². The highest BCUT2D eigenvalue weighted by Gasteiger charge is 2.08. The molecule has 1 aromatic carbocycles. The molecule has 1 aromatic heterocycles. The van der Waals surface area contributed by atoms with Crippen molar-refractivity contribution in [3.05, 3.63) is 51.6 Å². The first-order valence-corrected chi connectivity index (χ1v) is 6.37. The highest BCUT2D eigenvalue weighted by atomic mass is 35.5. The maximum atomic E-state index is 13.4. The highest BCUT2D eigenvalue weighted by molar-refractivity contribution is 6.30. The van der Waals surface area contributed by atoms with Gasteiger partial charge in [-0.25, -0.2) is 14.4 Å². The molecule has 2 rings (SSSR count). The van der Waals surface area contributed by atoms with Gasteiger partial charge in [-0.3, -0.25) is 0 Å². The van der Waals surface area contributed by atoms with Gasteiger partial charge in [-0.2, -0.15) is 0 Å². The summed E-state index contributed by atoms with van der Waals surface area (Å²) >= 11 is 11.5. The van der Waals surface area contributed by atoms with Gasteiger partial charge in [0.05, 0.1) is 5.02 Å². The van der Waals surface area contributed by atoms with Crippen LogP contribution >= 0.6 is 23.2 Å². The monoisotopic (exact) mass is 299 g/mol. The number of hydrogen-bond acceptors (Lipinski definition) is 3. The smallest absolute Gasteiger partial charge is 0.142 e. The second-order valence-corrected chi connectivity index (χ2v) is 5.00. The molecule has 0 atom stereocenters. The van der Waals surface area contributed by atoms with Gasteiger partial charge in [0.1, 0.15) is 22.6 Å². The van der Waals surface area contributed by atoms with Gasteiger partial charge in [-0.15, -0.1) is 0 Å². The van der Waals surface area contributed by atoms with Crippen molar-refractivity contribution in [2.24, 2.45) is 0 Å². The van der Waals surface area contributed by atoms with Crippen molar-refractivity contribution in [3.8, 4) is 0 Å². The van der Waals surface area contributed by atoms with E-state index >= 15 is 0 Å². The van der Waals surface area contributed by atoms with Gasteiger partial charge in [-0.05, 0) is 24.6 Å². The Labute approximate surface area is 121 Å². The zero-order valence-electron chi connectivity index (χ0n) is 10.5. The topological polar surface area (TPSA) is 29.0 Å². The quantitative estimate of drug-likeness (QED) is 0.806. The fourth-order valence-electron chi connectivity index (χ4n) is 1.70. The van der Waals surface area contributed by atoms with E-state index in [-0.39, 0.29) is 5.02 Å². The average Bonchev–Trinajstić information content (AvgIpc) is 2.32. The van der Waals surface area contributed by atoms with Crippen LogP contribution in [-0.2, 0) is 6.54 Å². The lowest BCUT2D eigenvalue weighted by Gasteiger charge is -2.18. The van der Waals surface area contributed by atoms with Crippen molar-refractivity contribution < 1.29 is 4.39 Å². The predicted molar refractivity (Wildman–Crippen MR) is 75.3 cm³/mol. The minimum Gasteiger partial charge on any atom is -0.355 e. The van der Waals surface area contributed by atoms with E-state index in [0.29, 0.717) is 23.3 Å². The molecule has 0 saturated heterocycles. The van der Waals surface area contributed by atoms with Crippen molar-refractivity contribution in [3.63, 3.8) is 0 Å². The number of anilines is 1. The van der Waals surface area contributed by atoms with Crippen molar-refractivity contribution in [2.45, 2.75) is 13.5 Å². The Bertz CT molecular complexity index is 584. The Kier molecular flexibility index (Phi) is 4.22. The van der Waals surface area contributed by atoms with Gasteiger partial charge >= 0.3 is 0 Å². The Morgan fingerprint density at radius 1 is 1.21 bits per heavy atom. The summed E-state index contributed by atoms with van der Waals surface area (Å²) in [5, 5.41) is 0.504. The summed E-state index contributed by atoms with van der Waals surface area (Å²) < 4.78 is 13.4. The SMILES string of the molecule is Cc1nc(Cl)cc(N(C)Cc2ccc(Cl)c(F)c2)n1. The summed E-state index contributed by atoms with van der Waals surface area (Å²) in [6.07, 6.45) is 0. The zero-order valence-corrected chi connectivity index (χ0v) is 12.0. The first-order chi connectivity index (χ1) is 8.95. The lowest BCUT2D eigenvalue weighted by Crippen LogP contribution is -2.18. The minimum absolute atomic E-state index is 0.118. The van der Waals surface area contributed by atoms with E-state index in [1.807, 2.05) is 11.9 Å².